The first kappa shape index (κ1) is 13.9. The minimum absolute atomic E-state index is 0.249. The van der Waals surface area contributed by atoms with E-state index in [1.165, 1.54) is 6.42 Å². The molecule has 1 aromatic carbocycles. The molecule has 1 fully saturated rings. The zero-order chi connectivity index (χ0) is 13.8. The van der Waals surface area contributed by atoms with Gasteiger partial charge in [0.25, 0.3) is 0 Å². The Bertz CT molecular complexity index is 445. The van der Waals surface area contributed by atoms with E-state index in [9.17, 15) is 18.0 Å². The van der Waals surface area contributed by atoms with Crippen molar-refractivity contribution in [1.82, 2.24) is 0 Å². The number of rotatable bonds is 3. The number of halogens is 3. The summed E-state index contributed by atoms with van der Waals surface area (Å²) < 4.78 is 43.7. The van der Waals surface area contributed by atoms with Crippen LogP contribution in [-0.2, 0) is 4.74 Å². The van der Waals surface area contributed by atoms with Gasteiger partial charge in [-0.3, -0.25) is 0 Å². The summed E-state index contributed by atoms with van der Waals surface area (Å²) in [5, 5.41) is 0. The highest BCUT2D eigenvalue weighted by atomic mass is 19.2. The first-order valence-corrected chi connectivity index (χ1v) is 6.39. The largest absolute Gasteiger partial charge is 0.462 e. The van der Waals surface area contributed by atoms with Gasteiger partial charge in [0.15, 0.2) is 17.5 Å². The Morgan fingerprint density at radius 2 is 1.68 bits per heavy atom. The molecule has 0 unspecified atom stereocenters. The number of benzene rings is 1. The lowest BCUT2D eigenvalue weighted by atomic mass is 9.90. The maximum atomic E-state index is 13.0. The topological polar surface area (TPSA) is 26.3 Å². The molecule has 0 N–H and O–H groups in total. The summed E-state index contributed by atoms with van der Waals surface area (Å²) in [5.41, 5.74) is -0.299. The van der Waals surface area contributed by atoms with Crippen LogP contribution >= 0.6 is 0 Å². The molecule has 0 atom stereocenters. The summed E-state index contributed by atoms with van der Waals surface area (Å²) in [6.45, 7) is 0.249. The lowest BCUT2D eigenvalue weighted by Crippen LogP contribution is -2.17. The second kappa shape index (κ2) is 6.08. The van der Waals surface area contributed by atoms with E-state index in [0.717, 1.165) is 25.7 Å². The van der Waals surface area contributed by atoms with Crippen molar-refractivity contribution < 1.29 is 22.7 Å². The predicted octanol–water partition coefficient (Wildman–Crippen LogP) is 3.84. The van der Waals surface area contributed by atoms with Crippen LogP contribution in [-0.4, -0.2) is 12.6 Å². The Labute approximate surface area is 109 Å². The van der Waals surface area contributed by atoms with Gasteiger partial charge < -0.3 is 4.74 Å². The van der Waals surface area contributed by atoms with Crippen LogP contribution in [0.4, 0.5) is 13.2 Å². The molecule has 1 aromatic rings. The van der Waals surface area contributed by atoms with Crippen molar-refractivity contribution in [2.45, 2.75) is 32.1 Å². The van der Waals surface area contributed by atoms with Gasteiger partial charge in [-0.05, 0) is 30.9 Å². The Hall–Kier alpha value is -1.52. The van der Waals surface area contributed by atoms with Gasteiger partial charge >= 0.3 is 5.97 Å². The quantitative estimate of drug-likeness (QED) is 0.617. The third-order valence-corrected chi connectivity index (χ3v) is 3.39. The number of hydrogen-bond donors (Lipinski definition) is 0. The normalized spacial score (nSPS) is 16.4. The van der Waals surface area contributed by atoms with Crippen LogP contribution in [0.3, 0.4) is 0 Å². The Morgan fingerprint density at radius 1 is 1.11 bits per heavy atom. The van der Waals surface area contributed by atoms with Gasteiger partial charge in [0, 0.05) is 0 Å². The Balaban J connectivity index is 1.96. The van der Waals surface area contributed by atoms with Gasteiger partial charge in [0.05, 0.1) is 12.2 Å². The van der Waals surface area contributed by atoms with Crippen LogP contribution in [0.1, 0.15) is 42.5 Å². The standard InChI is InChI=1S/C14H15F3O2/c15-11-6-10(7-12(16)13(11)17)14(18)19-8-9-4-2-1-3-5-9/h6-7,9H,1-5,8H2. The molecule has 0 aromatic heterocycles. The molecule has 0 spiro atoms. The highest BCUT2D eigenvalue weighted by Crippen LogP contribution is 2.24. The molecule has 104 valence electrons. The first-order chi connectivity index (χ1) is 9.08. The van der Waals surface area contributed by atoms with Gasteiger partial charge in [-0.25, -0.2) is 18.0 Å². The molecule has 2 rings (SSSR count). The maximum Gasteiger partial charge on any atom is 0.338 e. The Kier molecular flexibility index (Phi) is 4.45. The molecular weight excluding hydrogens is 257 g/mol. The van der Waals surface area contributed by atoms with Gasteiger partial charge in [-0.2, -0.15) is 0 Å². The first-order valence-electron chi connectivity index (χ1n) is 6.39. The lowest BCUT2D eigenvalue weighted by Gasteiger charge is -2.21. The average molecular weight is 272 g/mol. The summed E-state index contributed by atoms with van der Waals surface area (Å²) in [6, 6.07) is 1.31. The highest BCUT2D eigenvalue weighted by molar-refractivity contribution is 5.89. The van der Waals surface area contributed by atoms with E-state index in [1.807, 2.05) is 0 Å². The second-order valence-corrected chi connectivity index (χ2v) is 4.86. The fourth-order valence-corrected chi connectivity index (χ4v) is 2.30. The fraction of sp³-hybridized carbons (Fsp3) is 0.500. The molecule has 2 nitrogen and oxygen atoms in total. The molecule has 1 aliphatic rings. The van der Waals surface area contributed by atoms with Crippen molar-refractivity contribution in [3.63, 3.8) is 0 Å². The lowest BCUT2D eigenvalue weighted by molar-refractivity contribution is 0.0409. The molecule has 5 heteroatoms. The summed E-state index contributed by atoms with van der Waals surface area (Å²) in [5.74, 6) is -4.85. The molecule has 0 heterocycles. The molecule has 1 aliphatic carbocycles. The predicted molar refractivity (Wildman–Crippen MR) is 63.2 cm³/mol. The number of carbonyl (C=O) groups is 1. The summed E-state index contributed by atoms with van der Waals surface area (Å²) in [6.07, 6.45) is 5.42. The van der Waals surface area contributed by atoms with Crippen LogP contribution in [0, 0.1) is 23.4 Å². The highest BCUT2D eigenvalue weighted by Gasteiger charge is 2.19. The zero-order valence-electron chi connectivity index (χ0n) is 10.4. The van der Waals surface area contributed by atoms with Crippen molar-refractivity contribution in [3.8, 4) is 0 Å². The summed E-state index contributed by atoms with van der Waals surface area (Å²) >= 11 is 0. The SMILES string of the molecule is O=C(OCC1CCCCC1)c1cc(F)c(F)c(F)c1. The molecule has 19 heavy (non-hydrogen) atoms. The smallest absolute Gasteiger partial charge is 0.338 e. The van der Waals surface area contributed by atoms with E-state index in [0.29, 0.717) is 18.1 Å². The number of hydrogen-bond acceptors (Lipinski definition) is 2. The van der Waals surface area contributed by atoms with Crippen LogP contribution in [0.2, 0.25) is 0 Å². The monoisotopic (exact) mass is 272 g/mol. The molecular formula is C14H15F3O2. The third-order valence-electron chi connectivity index (χ3n) is 3.39. The van der Waals surface area contributed by atoms with Crippen molar-refractivity contribution in [2.24, 2.45) is 5.92 Å². The summed E-state index contributed by atoms with van der Waals surface area (Å²) in [4.78, 5) is 11.6. The fourth-order valence-electron chi connectivity index (χ4n) is 2.30. The molecule has 0 saturated heterocycles. The van der Waals surface area contributed by atoms with Crippen LogP contribution in [0.5, 0.6) is 0 Å². The van der Waals surface area contributed by atoms with Gasteiger partial charge in [-0.15, -0.1) is 0 Å². The summed E-state index contributed by atoms with van der Waals surface area (Å²) in [7, 11) is 0. The van der Waals surface area contributed by atoms with Gasteiger partial charge in [-0.1, -0.05) is 19.3 Å². The van der Waals surface area contributed by atoms with Gasteiger partial charge in [0.2, 0.25) is 0 Å². The number of carbonyl (C=O) groups excluding carboxylic acids is 1. The molecule has 0 amide bonds. The van der Waals surface area contributed by atoms with E-state index in [1.54, 1.807) is 0 Å². The van der Waals surface area contributed by atoms with Crippen LogP contribution < -0.4 is 0 Å². The molecule has 0 radical (unpaired) electrons. The average Bonchev–Trinajstić information content (AvgIpc) is 2.42. The van der Waals surface area contributed by atoms with Crippen LogP contribution in [0.15, 0.2) is 12.1 Å². The van der Waals surface area contributed by atoms with E-state index >= 15 is 0 Å². The Morgan fingerprint density at radius 3 is 2.26 bits per heavy atom. The third kappa shape index (κ3) is 3.49. The van der Waals surface area contributed by atoms with Crippen molar-refractivity contribution in [3.05, 3.63) is 35.1 Å². The van der Waals surface area contributed by atoms with Crippen molar-refractivity contribution in [1.29, 1.82) is 0 Å². The van der Waals surface area contributed by atoms with Crippen molar-refractivity contribution in [2.75, 3.05) is 6.61 Å². The minimum Gasteiger partial charge on any atom is -0.462 e. The van der Waals surface area contributed by atoms with Crippen molar-refractivity contribution >= 4 is 5.97 Å². The van der Waals surface area contributed by atoms with Crippen LogP contribution in [0.25, 0.3) is 0 Å². The van der Waals surface area contributed by atoms with Gasteiger partial charge in [0.1, 0.15) is 0 Å². The van der Waals surface area contributed by atoms with E-state index in [-0.39, 0.29) is 12.2 Å². The molecule has 0 aliphatic heterocycles. The van der Waals surface area contributed by atoms with E-state index < -0.39 is 23.4 Å². The minimum atomic E-state index is -1.58. The molecule has 1 saturated carbocycles. The molecule has 0 bridgehead atoms. The van der Waals surface area contributed by atoms with E-state index in [2.05, 4.69) is 0 Å². The zero-order valence-corrected chi connectivity index (χ0v) is 10.4. The van der Waals surface area contributed by atoms with E-state index in [4.69, 9.17) is 4.74 Å². The number of esters is 1. The second-order valence-electron chi connectivity index (χ2n) is 4.86. The number of ether oxygens (including phenoxy) is 1. The maximum absolute atomic E-state index is 13.0.